The zero-order valence-electron chi connectivity index (χ0n) is 14.2. The number of rotatable bonds is 6. The lowest BCUT2D eigenvalue weighted by Gasteiger charge is -2.31. The van der Waals surface area contributed by atoms with Crippen LogP contribution < -0.4 is 5.48 Å². The van der Waals surface area contributed by atoms with Crippen molar-refractivity contribution in [3.05, 3.63) is 0 Å². The second-order valence-corrected chi connectivity index (χ2v) is 8.55. The fourth-order valence-electron chi connectivity index (χ4n) is 3.68. The van der Waals surface area contributed by atoms with Gasteiger partial charge in [-0.25, -0.2) is 0 Å². The molecule has 5 nitrogen and oxygen atoms in total. The van der Waals surface area contributed by atoms with E-state index in [0.717, 1.165) is 31.7 Å². The van der Waals surface area contributed by atoms with Crippen LogP contribution >= 0.6 is 11.8 Å². The first-order valence-corrected chi connectivity index (χ1v) is 10.2. The third-order valence-electron chi connectivity index (χ3n) is 5.24. The number of carbonyl (C=O) groups excluding carboxylic acids is 1. The third kappa shape index (κ3) is 5.08. The maximum absolute atomic E-state index is 12.7. The zero-order chi connectivity index (χ0) is 16.1. The van der Waals surface area contributed by atoms with Crippen molar-refractivity contribution in [1.29, 1.82) is 0 Å². The average Bonchev–Trinajstić information content (AvgIpc) is 3.25. The normalized spacial score (nSPS) is 34.7. The highest BCUT2D eigenvalue weighted by Gasteiger charge is 2.31. The molecule has 6 heteroatoms. The molecule has 2 saturated heterocycles. The van der Waals surface area contributed by atoms with E-state index < -0.39 is 0 Å². The van der Waals surface area contributed by atoms with Gasteiger partial charge in [0.1, 0.15) is 12.8 Å². The average molecular weight is 343 g/mol. The fraction of sp³-hybridized carbons (Fsp3) is 0.941. The summed E-state index contributed by atoms with van der Waals surface area (Å²) in [6, 6.07) is 0. The van der Waals surface area contributed by atoms with Crippen molar-refractivity contribution in [3.63, 3.8) is 0 Å². The molecule has 0 radical (unpaired) electrons. The van der Waals surface area contributed by atoms with Crippen molar-refractivity contribution < 1.29 is 14.4 Å². The molecule has 0 aromatic carbocycles. The molecule has 1 amide bonds. The maximum Gasteiger partial charge on any atom is 0.249 e. The molecule has 3 aliphatic rings. The molecule has 2 unspecified atom stereocenters. The molecule has 1 N–H and O–H groups in total. The highest BCUT2D eigenvalue weighted by Crippen LogP contribution is 2.28. The Morgan fingerprint density at radius 3 is 2.74 bits per heavy atom. The lowest BCUT2D eigenvalue weighted by Crippen LogP contribution is -2.49. The highest BCUT2D eigenvalue weighted by atomic mass is 32.2. The van der Waals surface area contributed by atoms with Crippen molar-refractivity contribution in [2.75, 3.05) is 25.5 Å². The molecule has 3 rings (SSSR count). The molecule has 1 saturated carbocycles. The van der Waals surface area contributed by atoms with Crippen LogP contribution in [0.4, 0.5) is 0 Å². The number of ether oxygens (including phenoxy) is 1. The Labute approximate surface area is 143 Å². The first-order valence-electron chi connectivity index (χ1n) is 9.12. The monoisotopic (exact) mass is 342 g/mol. The number of hydrogen-bond acceptors (Lipinski definition) is 5. The first kappa shape index (κ1) is 17.5. The van der Waals surface area contributed by atoms with Crippen LogP contribution in [0.25, 0.3) is 0 Å². The number of thioether (sulfide) groups is 1. The lowest BCUT2D eigenvalue weighted by molar-refractivity contribution is -0.143. The van der Waals surface area contributed by atoms with Crippen molar-refractivity contribution in [2.24, 2.45) is 5.92 Å². The molecule has 0 aromatic heterocycles. The summed E-state index contributed by atoms with van der Waals surface area (Å²) in [4.78, 5) is 19.9. The van der Waals surface area contributed by atoms with Crippen LogP contribution in [0.5, 0.6) is 0 Å². The van der Waals surface area contributed by atoms with Crippen LogP contribution in [0.1, 0.15) is 51.9 Å². The van der Waals surface area contributed by atoms with E-state index in [9.17, 15) is 4.79 Å². The minimum atomic E-state index is 0.0127. The summed E-state index contributed by atoms with van der Waals surface area (Å²) in [5.74, 6) is 2.14. The van der Waals surface area contributed by atoms with E-state index in [1.54, 1.807) is 0 Å². The van der Waals surface area contributed by atoms with E-state index in [2.05, 4.69) is 12.4 Å². The van der Waals surface area contributed by atoms with Gasteiger partial charge in [-0.05, 0) is 50.2 Å². The number of carbonyl (C=O) groups is 1. The quantitative estimate of drug-likeness (QED) is 0.804. The molecule has 2 aliphatic heterocycles. The Bertz CT molecular complexity index is 376. The van der Waals surface area contributed by atoms with Crippen LogP contribution in [0.3, 0.4) is 0 Å². The Kier molecular flexibility index (Phi) is 6.62. The summed E-state index contributed by atoms with van der Waals surface area (Å²) in [6.07, 6.45) is 8.26. The van der Waals surface area contributed by atoms with Crippen LogP contribution in [-0.4, -0.2) is 53.8 Å². The molecule has 0 bridgehead atoms. The summed E-state index contributed by atoms with van der Waals surface area (Å²) in [5.41, 5.74) is 3.00. The Morgan fingerprint density at radius 2 is 2.09 bits per heavy atom. The number of hydrogen-bond donors (Lipinski definition) is 1. The van der Waals surface area contributed by atoms with Gasteiger partial charge in [-0.1, -0.05) is 6.92 Å². The predicted octanol–water partition coefficient (Wildman–Crippen LogP) is 2.56. The summed E-state index contributed by atoms with van der Waals surface area (Å²) >= 11 is 1.99. The Hall–Kier alpha value is -0.300. The lowest BCUT2D eigenvalue weighted by atomic mass is 9.89. The second kappa shape index (κ2) is 8.70. The number of nitrogens with one attached hydrogen (secondary N) is 1. The predicted molar refractivity (Wildman–Crippen MR) is 92.1 cm³/mol. The topological polar surface area (TPSA) is 50.8 Å². The Morgan fingerprint density at radius 1 is 1.26 bits per heavy atom. The van der Waals surface area contributed by atoms with Gasteiger partial charge in [0.15, 0.2) is 0 Å². The molecule has 132 valence electrons. The first-order chi connectivity index (χ1) is 11.2. The molecule has 2 atom stereocenters. The van der Waals surface area contributed by atoms with Gasteiger partial charge in [0.05, 0.1) is 12.7 Å². The van der Waals surface area contributed by atoms with E-state index in [1.165, 1.54) is 31.4 Å². The van der Waals surface area contributed by atoms with E-state index in [4.69, 9.17) is 9.57 Å². The molecule has 0 aromatic rings. The molecule has 0 spiro atoms. The highest BCUT2D eigenvalue weighted by molar-refractivity contribution is 8.00. The van der Waals surface area contributed by atoms with Gasteiger partial charge in [-0.15, -0.1) is 0 Å². The number of nitrogens with zero attached hydrogens (tertiary/aromatic N) is 1. The summed E-state index contributed by atoms with van der Waals surface area (Å²) < 4.78 is 5.93. The maximum atomic E-state index is 12.7. The van der Waals surface area contributed by atoms with Crippen LogP contribution in [0.2, 0.25) is 0 Å². The minimum Gasteiger partial charge on any atom is -0.368 e. The van der Waals surface area contributed by atoms with Crippen molar-refractivity contribution in [3.8, 4) is 0 Å². The molecule has 3 fully saturated rings. The van der Waals surface area contributed by atoms with Gasteiger partial charge in [0.2, 0.25) is 5.91 Å². The van der Waals surface area contributed by atoms with Gasteiger partial charge in [-0.2, -0.15) is 17.2 Å². The largest absolute Gasteiger partial charge is 0.368 e. The molecule has 23 heavy (non-hydrogen) atoms. The summed E-state index contributed by atoms with van der Waals surface area (Å²) in [6.45, 7) is 4.01. The SMILES string of the molecule is CC1CCC(OCC(=O)N(CC2CCCS2)C2CCON2)CC1. The summed E-state index contributed by atoms with van der Waals surface area (Å²) in [5, 5.41) is 0.567. The van der Waals surface area contributed by atoms with Gasteiger partial charge in [0.25, 0.3) is 0 Å². The van der Waals surface area contributed by atoms with Gasteiger partial charge >= 0.3 is 0 Å². The molecule has 2 heterocycles. The molecular weight excluding hydrogens is 312 g/mol. The standard InChI is InChI=1S/C17H30N2O3S/c1-13-4-6-14(7-5-13)21-12-17(20)19(16-8-9-22-18-16)11-15-3-2-10-23-15/h13-16,18H,2-12H2,1H3. The van der Waals surface area contributed by atoms with Crippen molar-refractivity contribution >= 4 is 17.7 Å². The van der Waals surface area contributed by atoms with Crippen LogP contribution in [-0.2, 0) is 14.4 Å². The smallest absolute Gasteiger partial charge is 0.249 e. The van der Waals surface area contributed by atoms with E-state index in [1.807, 2.05) is 16.7 Å². The summed E-state index contributed by atoms with van der Waals surface area (Å²) in [7, 11) is 0. The van der Waals surface area contributed by atoms with Gasteiger partial charge < -0.3 is 9.64 Å². The van der Waals surface area contributed by atoms with Crippen LogP contribution in [0, 0.1) is 5.92 Å². The molecule has 1 aliphatic carbocycles. The second-order valence-electron chi connectivity index (χ2n) is 7.14. The number of amides is 1. The van der Waals surface area contributed by atoms with Crippen molar-refractivity contribution in [2.45, 2.75) is 69.4 Å². The third-order valence-corrected chi connectivity index (χ3v) is 6.62. The number of hydroxylamine groups is 1. The Balaban J connectivity index is 1.49. The minimum absolute atomic E-state index is 0.0127. The van der Waals surface area contributed by atoms with E-state index in [0.29, 0.717) is 11.9 Å². The fourth-order valence-corrected chi connectivity index (χ4v) is 4.95. The van der Waals surface area contributed by atoms with Gasteiger partial charge in [0, 0.05) is 18.2 Å². The van der Waals surface area contributed by atoms with E-state index in [-0.39, 0.29) is 24.8 Å². The van der Waals surface area contributed by atoms with Gasteiger partial charge in [-0.3, -0.25) is 9.63 Å². The van der Waals surface area contributed by atoms with Crippen molar-refractivity contribution in [1.82, 2.24) is 10.4 Å². The zero-order valence-corrected chi connectivity index (χ0v) is 15.0. The van der Waals surface area contributed by atoms with E-state index >= 15 is 0 Å². The molecular formula is C17H30N2O3S. The van der Waals surface area contributed by atoms with Crippen LogP contribution in [0.15, 0.2) is 0 Å².